The van der Waals surface area contributed by atoms with Crippen LogP contribution in [0, 0.1) is 5.82 Å². The first-order valence-corrected chi connectivity index (χ1v) is 8.28. The van der Waals surface area contributed by atoms with E-state index < -0.39 is 0 Å². The maximum absolute atomic E-state index is 13.1. The number of hydrogen-bond acceptors (Lipinski definition) is 3. The Labute approximate surface area is 140 Å². The highest BCUT2D eigenvalue weighted by Crippen LogP contribution is 2.23. The van der Waals surface area contributed by atoms with Crippen LogP contribution in [0.4, 0.5) is 4.39 Å². The van der Waals surface area contributed by atoms with E-state index in [0.717, 1.165) is 36.3 Å². The predicted octanol–water partition coefficient (Wildman–Crippen LogP) is 2.45. The first-order chi connectivity index (χ1) is 11.6. The molecule has 0 aliphatic carbocycles. The highest BCUT2D eigenvalue weighted by Gasteiger charge is 2.17. The van der Waals surface area contributed by atoms with Gasteiger partial charge in [-0.25, -0.2) is 4.39 Å². The first-order valence-electron chi connectivity index (χ1n) is 8.28. The number of hydrogen-bond donors (Lipinski definition) is 1. The van der Waals surface area contributed by atoms with Crippen molar-refractivity contribution < 1.29 is 13.9 Å². The highest BCUT2D eigenvalue weighted by atomic mass is 19.1. The maximum Gasteiger partial charge on any atom is 0.220 e. The van der Waals surface area contributed by atoms with E-state index in [1.165, 1.54) is 12.1 Å². The summed E-state index contributed by atoms with van der Waals surface area (Å²) in [7, 11) is 1.84. The third-order valence-corrected chi connectivity index (χ3v) is 4.19. The van der Waals surface area contributed by atoms with Crippen LogP contribution >= 0.6 is 0 Å². The minimum Gasteiger partial charge on any atom is -0.376 e. The summed E-state index contributed by atoms with van der Waals surface area (Å²) in [5.41, 5.74) is 2.63. The molecule has 1 aromatic heterocycles. The molecule has 2 heterocycles. The van der Waals surface area contributed by atoms with Crippen LogP contribution < -0.4 is 5.32 Å². The summed E-state index contributed by atoms with van der Waals surface area (Å²) in [5, 5.41) is 7.37. The average molecular weight is 331 g/mol. The van der Waals surface area contributed by atoms with Crippen molar-refractivity contribution in [2.45, 2.75) is 31.8 Å². The van der Waals surface area contributed by atoms with E-state index in [1.54, 1.807) is 16.8 Å². The van der Waals surface area contributed by atoms with E-state index in [9.17, 15) is 9.18 Å². The number of aryl methyl sites for hydroxylation is 2. The van der Waals surface area contributed by atoms with Crippen LogP contribution in [0.5, 0.6) is 0 Å². The third kappa shape index (κ3) is 4.20. The maximum atomic E-state index is 13.1. The summed E-state index contributed by atoms with van der Waals surface area (Å²) in [6, 6.07) is 6.25. The number of benzene rings is 1. The number of carbonyl (C=O) groups excluding carboxylic acids is 1. The zero-order chi connectivity index (χ0) is 16.9. The van der Waals surface area contributed by atoms with Crippen LogP contribution in [0.2, 0.25) is 0 Å². The lowest BCUT2D eigenvalue weighted by Gasteiger charge is -2.10. The molecule has 1 aliphatic rings. The van der Waals surface area contributed by atoms with Gasteiger partial charge in [-0.3, -0.25) is 9.48 Å². The summed E-state index contributed by atoms with van der Waals surface area (Å²) in [5.74, 6) is -0.260. The standard InChI is InChI=1S/C18H22FN3O2/c1-22-12-14(18(21-22)13-4-7-15(19)8-5-13)6-9-17(23)20-11-16-3-2-10-24-16/h4-5,7-8,12,16H,2-3,6,9-11H2,1H3,(H,20,23)/t16-/m1/s1. The van der Waals surface area contributed by atoms with Crippen molar-refractivity contribution in [1.29, 1.82) is 0 Å². The number of rotatable bonds is 6. The molecule has 0 radical (unpaired) electrons. The molecule has 3 rings (SSSR count). The smallest absolute Gasteiger partial charge is 0.220 e. The lowest BCUT2D eigenvalue weighted by molar-refractivity contribution is -0.121. The second-order valence-electron chi connectivity index (χ2n) is 6.12. The van der Waals surface area contributed by atoms with Gasteiger partial charge in [0, 0.05) is 38.4 Å². The van der Waals surface area contributed by atoms with E-state index in [2.05, 4.69) is 10.4 Å². The highest BCUT2D eigenvalue weighted by molar-refractivity contribution is 5.76. The molecule has 1 N–H and O–H groups in total. The number of nitrogens with one attached hydrogen (secondary N) is 1. The topological polar surface area (TPSA) is 56.2 Å². The quantitative estimate of drug-likeness (QED) is 0.885. The van der Waals surface area contributed by atoms with Gasteiger partial charge < -0.3 is 10.1 Å². The number of carbonyl (C=O) groups is 1. The van der Waals surface area contributed by atoms with Gasteiger partial charge in [-0.05, 0) is 49.1 Å². The Morgan fingerprint density at radius 2 is 2.21 bits per heavy atom. The van der Waals surface area contributed by atoms with E-state index >= 15 is 0 Å². The second kappa shape index (κ2) is 7.57. The first kappa shape index (κ1) is 16.6. The summed E-state index contributed by atoms with van der Waals surface area (Å²) in [4.78, 5) is 12.0. The fourth-order valence-electron chi connectivity index (χ4n) is 2.94. The fourth-order valence-corrected chi connectivity index (χ4v) is 2.94. The number of amides is 1. The van der Waals surface area contributed by atoms with Gasteiger partial charge in [-0.1, -0.05) is 0 Å². The second-order valence-corrected chi connectivity index (χ2v) is 6.12. The van der Waals surface area contributed by atoms with Crippen molar-refractivity contribution in [1.82, 2.24) is 15.1 Å². The van der Waals surface area contributed by atoms with Crippen molar-refractivity contribution in [3.8, 4) is 11.3 Å². The zero-order valence-corrected chi connectivity index (χ0v) is 13.8. The lowest BCUT2D eigenvalue weighted by Crippen LogP contribution is -2.31. The van der Waals surface area contributed by atoms with Crippen LogP contribution in [-0.2, 0) is 23.0 Å². The van der Waals surface area contributed by atoms with Crippen molar-refractivity contribution >= 4 is 5.91 Å². The molecule has 1 saturated heterocycles. The van der Waals surface area contributed by atoms with Crippen LogP contribution in [0.25, 0.3) is 11.3 Å². The summed E-state index contributed by atoms with van der Waals surface area (Å²) < 4.78 is 20.3. The monoisotopic (exact) mass is 331 g/mol. The fraction of sp³-hybridized carbons (Fsp3) is 0.444. The number of aromatic nitrogens is 2. The van der Waals surface area contributed by atoms with E-state index in [0.29, 0.717) is 19.4 Å². The molecule has 5 nitrogen and oxygen atoms in total. The summed E-state index contributed by atoms with van der Waals surface area (Å²) in [6.45, 7) is 1.37. The predicted molar refractivity (Wildman–Crippen MR) is 88.9 cm³/mol. The van der Waals surface area contributed by atoms with E-state index in [1.807, 2.05) is 13.2 Å². The molecule has 0 spiro atoms. The van der Waals surface area contributed by atoms with Crippen LogP contribution in [0.3, 0.4) is 0 Å². The van der Waals surface area contributed by atoms with Crippen LogP contribution in [0.15, 0.2) is 30.5 Å². The van der Waals surface area contributed by atoms with Crippen LogP contribution in [-0.4, -0.2) is 34.9 Å². The molecular formula is C18H22FN3O2. The number of halogens is 1. The third-order valence-electron chi connectivity index (χ3n) is 4.19. The Morgan fingerprint density at radius 1 is 1.42 bits per heavy atom. The van der Waals surface area contributed by atoms with E-state index in [-0.39, 0.29) is 17.8 Å². The van der Waals surface area contributed by atoms with Gasteiger partial charge >= 0.3 is 0 Å². The van der Waals surface area contributed by atoms with Gasteiger partial charge in [0.05, 0.1) is 11.8 Å². The molecule has 0 unspecified atom stereocenters. The Morgan fingerprint density at radius 3 is 2.92 bits per heavy atom. The van der Waals surface area contributed by atoms with Crippen molar-refractivity contribution in [3.63, 3.8) is 0 Å². The van der Waals surface area contributed by atoms with Crippen molar-refractivity contribution in [2.75, 3.05) is 13.2 Å². The number of ether oxygens (including phenoxy) is 1. The molecule has 1 fully saturated rings. The number of nitrogens with zero attached hydrogens (tertiary/aromatic N) is 2. The van der Waals surface area contributed by atoms with Gasteiger partial charge in [0.15, 0.2) is 0 Å². The Bertz CT molecular complexity index is 691. The molecule has 6 heteroatoms. The van der Waals surface area contributed by atoms with Gasteiger partial charge in [0.1, 0.15) is 5.82 Å². The van der Waals surface area contributed by atoms with Gasteiger partial charge in [-0.15, -0.1) is 0 Å². The Hall–Kier alpha value is -2.21. The molecular weight excluding hydrogens is 309 g/mol. The zero-order valence-electron chi connectivity index (χ0n) is 13.8. The lowest BCUT2D eigenvalue weighted by atomic mass is 10.0. The Kier molecular flexibility index (Phi) is 5.25. The molecule has 0 bridgehead atoms. The molecule has 1 aliphatic heterocycles. The molecule has 24 heavy (non-hydrogen) atoms. The largest absolute Gasteiger partial charge is 0.376 e. The average Bonchev–Trinajstić information content (AvgIpc) is 3.21. The molecule has 2 aromatic rings. The molecule has 1 aromatic carbocycles. The van der Waals surface area contributed by atoms with Crippen molar-refractivity contribution in [2.24, 2.45) is 7.05 Å². The Balaban J connectivity index is 1.58. The van der Waals surface area contributed by atoms with Gasteiger partial charge in [-0.2, -0.15) is 5.10 Å². The van der Waals surface area contributed by atoms with E-state index in [4.69, 9.17) is 4.74 Å². The van der Waals surface area contributed by atoms with Crippen LogP contribution in [0.1, 0.15) is 24.8 Å². The summed E-state index contributed by atoms with van der Waals surface area (Å²) in [6.07, 6.45) is 5.13. The SMILES string of the molecule is Cn1cc(CCC(=O)NC[C@H]2CCCO2)c(-c2ccc(F)cc2)n1. The minimum absolute atomic E-state index is 0.0133. The molecule has 128 valence electrons. The minimum atomic E-state index is -0.273. The van der Waals surface area contributed by atoms with Crippen molar-refractivity contribution in [3.05, 3.63) is 41.8 Å². The van der Waals surface area contributed by atoms with Gasteiger partial charge in [0.25, 0.3) is 0 Å². The molecule has 1 atom stereocenters. The summed E-state index contributed by atoms with van der Waals surface area (Å²) >= 11 is 0. The molecule has 0 saturated carbocycles. The van der Waals surface area contributed by atoms with Gasteiger partial charge in [0.2, 0.25) is 5.91 Å². The normalized spacial score (nSPS) is 17.2. The molecule has 1 amide bonds.